The molecule has 2 aliphatic heterocycles. The first-order valence-electron chi connectivity index (χ1n) is 9.12. The van der Waals surface area contributed by atoms with Crippen LogP contribution >= 0.6 is 0 Å². The second-order valence-corrected chi connectivity index (χ2v) is 8.79. The second kappa shape index (κ2) is 7.98. The van der Waals surface area contributed by atoms with Gasteiger partial charge in [-0.25, -0.2) is 13.4 Å². The standard InChI is InChI=1S/C17H21F4N3O4S/c18-15-11(9-12-3-1-2-7-23(12)8-6-17(19,20)21)4-5-13(25)16(15)24-10-14(26)22-29(24,27)28/h4-5,12,25H,1-3,6-10H2,(H,22,26). The summed E-state index contributed by atoms with van der Waals surface area (Å²) in [7, 11) is -4.32. The van der Waals surface area contributed by atoms with Gasteiger partial charge >= 0.3 is 16.4 Å². The highest BCUT2D eigenvalue weighted by molar-refractivity contribution is 7.92. The average molecular weight is 439 g/mol. The minimum atomic E-state index is -4.32. The molecule has 2 N–H and O–H groups in total. The van der Waals surface area contributed by atoms with Gasteiger partial charge in [0.05, 0.1) is 6.42 Å². The zero-order chi connectivity index (χ0) is 21.4. The number of phenols is 1. The Morgan fingerprint density at radius 3 is 2.59 bits per heavy atom. The van der Waals surface area contributed by atoms with Crippen LogP contribution in [0.15, 0.2) is 12.1 Å². The zero-order valence-electron chi connectivity index (χ0n) is 15.4. The molecule has 0 aromatic heterocycles. The van der Waals surface area contributed by atoms with Crippen molar-refractivity contribution in [3.8, 4) is 5.75 Å². The third-order valence-electron chi connectivity index (χ3n) is 5.13. The zero-order valence-corrected chi connectivity index (χ0v) is 16.2. The van der Waals surface area contributed by atoms with Crippen LogP contribution in [-0.4, -0.2) is 56.2 Å². The van der Waals surface area contributed by atoms with E-state index >= 15 is 4.39 Å². The van der Waals surface area contributed by atoms with Crippen LogP contribution in [0, 0.1) is 5.82 Å². The number of hydrogen-bond donors (Lipinski definition) is 2. The Kier molecular flexibility index (Phi) is 5.95. The van der Waals surface area contributed by atoms with E-state index in [4.69, 9.17) is 0 Å². The van der Waals surface area contributed by atoms with Gasteiger partial charge in [0.1, 0.15) is 18.0 Å². The van der Waals surface area contributed by atoms with E-state index in [1.165, 1.54) is 6.07 Å². The minimum absolute atomic E-state index is 0.0617. The van der Waals surface area contributed by atoms with Gasteiger partial charge in [0.15, 0.2) is 5.82 Å². The third kappa shape index (κ3) is 4.92. The number of benzene rings is 1. The molecule has 2 fully saturated rings. The van der Waals surface area contributed by atoms with Crippen molar-refractivity contribution in [2.75, 3.05) is 23.9 Å². The molecule has 0 saturated carbocycles. The third-order valence-corrected chi connectivity index (χ3v) is 6.51. The van der Waals surface area contributed by atoms with E-state index in [2.05, 4.69) is 0 Å². The molecule has 162 valence electrons. The normalized spacial score (nSPS) is 22.7. The van der Waals surface area contributed by atoms with Gasteiger partial charge in [-0.05, 0) is 37.4 Å². The van der Waals surface area contributed by atoms with Crippen molar-refractivity contribution in [2.45, 2.75) is 44.3 Å². The Labute approximate surface area is 165 Å². The number of piperidine rings is 1. The molecular weight excluding hydrogens is 418 g/mol. The van der Waals surface area contributed by atoms with Crippen LogP contribution in [0.2, 0.25) is 0 Å². The molecule has 1 unspecified atom stereocenters. The highest BCUT2D eigenvalue weighted by atomic mass is 32.2. The molecule has 1 aromatic rings. The van der Waals surface area contributed by atoms with E-state index in [1.54, 1.807) is 9.62 Å². The fraction of sp³-hybridized carbons (Fsp3) is 0.588. The number of rotatable bonds is 5. The number of phenolic OH excluding ortho intramolecular Hbond substituents is 1. The summed E-state index contributed by atoms with van der Waals surface area (Å²) in [6.45, 7) is -0.400. The van der Waals surface area contributed by atoms with E-state index in [1.807, 2.05) is 0 Å². The van der Waals surface area contributed by atoms with Gasteiger partial charge in [-0.2, -0.15) is 21.6 Å². The summed E-state index contributed by atoms with van der Waals surface area (Å²) in [5.74, 6) is -2.52. The molecule has 0 bridgehead atoms. The number of hydrogen-bond acceptors (Lipinski definition) is 5. The van der Waals surface area contributed by atoms with E-state index < -0.39 is 52.5 Å². The predicted molar refractivity (Wildman–Crippen MR) is 96.1 cm³/mol. The van der Waals surface area contributed by atoms with E-state index in [9.17, 15) is 31.5 Å². The molecule has 12 heteroatoms. The molecule has 1 aromatic carbocycles. The molecule has 29 heavy (non-hydrogen) atoms. The molecular formula is C17H21F4N3O4S. The van der Waals surface area contributed by atoms with Crippen LogP contribution in [0.3, 0.4) is 0 Å². The SMILES string of the molecule is O=C1CN(c2c(O)ccc(CC3CCCCN3CCC(F)(F)F)c2F)S(=O)(=O)N1. The summed E-state index contributed by atoms with van der Waals surface area (Å²) in [5, 5.41) is 10.0. The summed E-state index contributed by atoms with van der Waals surface area (Å²) in [6.07, 6.45) is -3.08. The highest BCUT2D eigenvalue weighted by Crippen LogP contribution is 2.36. The maximum absolute atomic E-state index is 15.1. The maximum atomic E-state index is 15.1. The summed E-state index contributed by atoms with van der Waals surface area (Å²) < 4.78 is 79.1. The Morgan fingerprint density at radius 1 is 1.24 bits per heavy atom. The molecule has 0 radical (unpaired) electrons. The topological polar surface area (TPSA) is 90.0 Å². The fourth-order valence-corrected chi connectivity index (χ4v) is 4.91. The number of carbonyl (C=O) groups excluding carboxylic acids is 1. The average Bonchev–Trinajstić information content (AvgIpc) is 2.88. The van der Waals surface area contributed by atoms with Crippen molar-refractivity contribution in [1.29, 1.82) is 0 Å². The molecule has 3 rings (SSSR count). The van der Waals surface area contributed by atoms with Crippen LogP contribution in [0.25, 0.3) is 0 Å². The Bertz CT molecular complexity index is 891. The molecule has 7 nitrogen and oxygen atoms in total. The summed E-state index contributed by atoms with van der Waals surface area (Å²) in [6, 6.07) is 2.06. The lowest BCUT2D eigenvalue weighted by atomic mass is 9.94. The first-order valence-corrected chi connectivity index (χ1v) is 10.6. The van der Waals surface area contributed by atoms with Gasteiger partial charge in [-0.15, -0.1) is 0 Å². The fourth-order valence-electron chi connectivity index (χ4n) is 3.75. The van der Waals surface area contributed by atoms with Crippen LogP contribution in [-0.2, 0) is 21.4 Å². The maximum Gasteiger partial charge on any atom is 0.390 e. The number of likely N-dealkylation sites (tertiary alicyclic amines) is 1. The molecule has 1 atom stereocenters. The smallest absolute Gasteiger partial charge is 0.390 e. The quantitative estimate of drug-likeness (QED) is 0.686. The van der Waals surface area contributed by atoms with Gasteiger partial charge in [0.2, 0.25) is 0 Å². The lowest BCUT2D eigenvalue weighted by Gasteiger charge is -2.36. The minimum Gasteiger partial charge on any atom is -0.506 e. The lowest BCUT2D eigenvalue weighted by molar-refractivity contribution is -0.139. The first-order chi connectivity index (χ1) is 13.5. The lowest BCUT2D eigenvalue weighted by Crippen LogP contribution is -2.42. The number of nitrogens with zero attached hydrogens (tertiary/aromatic N) is 2. The summed E-state index contributed by atoms with van der Waals surface area (Å²) >= 11 is 0. The van der Waals surface area contributed by atoms with E-state index in [0.29, 0.717) is 17.3 Å². The number of alkyl halides is 3. The van der Waals surface area contributed by atoms with Gasteiger partial charge in [-0.3, -0.25) is 9.69 Å². The molecule has 2 saturated heterocycles. The van der Waals surface area contributed by atoms with E-state index in [-0.39, 0.29) is 24.6 Å². The molecule has 0 spiro atoms. The van der Waals surface area contributed by atoms with Crippen LogP contribution in [0.5, 0.6) is 5.75 Å². The number of aromatic hydroxyl groups is 1. The number of amides is 1. The van der Waals surface area contributed by atoms with Crippen LogP contribution < -0.4 is 9.03 Å². The van der Waals surface area contributed by atoms with Crippen LogP contribution in [0.4, 0.5) is 23.2 Å². The molecule has 1 amide bonds. The highest BCUT2D eigenvalue weighted by Gasteiger charge is 2.38. The van der Waals surface area contributed by atoms with Crippen molar-refractivity contribution >= 4 is 21.8 Å². The van der Waals surface area contributed by atoms with E-state index in [0.717, 1.165) is 18.9 Å². The monoisotopic (exact) mass is 439 g/mol. The summed E-state index contributed by atoms with van der Waals surface area (Å²) in [5.41, 5.74) is -0.574. The number of anilines is 1. The molecule has 0 aliphatic carbocycles. The van der Waals surface area contributed by atoms with Gasteiger partial charge in [0, 0.05) is 12.6 Å². The summed E-state index contributed by atoms with van der Waals surface area (Å²) in [4.78, 5) is 13.1. The Balaban J connectivity index is 1.85. The van der Waals surface area contributed by atoms with Gasteiger partial charge in [0.25, 0.3) is 5.91 Å². The largest absolute Gasteiger partial charge is 0.506 e. The number of carbonyl (C=O) groups is 1. The van der Waals surface area contributed by atoms with Crippen LogP contribution in [0.1, 0.15) is 31.2 Å². The second-order valence-electron chi connectivity index (χ2n) is 7.20. The van der Waals surface area contributed by atoms with Crippen molar-refractivity contribution in [2.24, 2.45) is 0 Å². The van der Waals surface area contributed by atoms with Crippen molar-refractivity contribution in [3.05, 3.63) is 23.5 Å². The van der Waals surface area contributed by atoms with Crippen molar-refractivity contribution in [1.82, 2.24) is 9.62 Å². The molecule has 2 aliphatic rings. The van der Waals surface area contributed by atoms with Gasteiger partial charge in [-0.1, -0.05) is 12.5 Å². The number of halogens is 4. The number of nitrogens with one attached hydrogen (secondary N) is 1. The van der Waals surface area contributed by atoms with Crippen molar-refractivity contribution in [3.63, 3.8) is 0 Å². The Hall–Kier alpha value is -2.08. The van der Waals surface area contributed by atoms with Gasteiger partial charge < -0.3 is 5.11 Å². The Morgan fingerprint density at radius 2 is 1.97 bits per heavy atom. The first kappa shape index (κ1) is 21.6. The predicted octanol–water partition coefficient (Wildman–Crippen LogP) is 2.06. The molecule has 2 heterocycles. The van der Waals surface area contributed by atoms with Crippen molar-refractivity contribution < 1.29 is 35.9 Å².